The van der Waals surface area contributed by atoms with Crippen LogP contribution in [0.5, 0.6) is 0 Å². The van der Waals surface area contributed by atoms with Crippen LogP contribution in [0.1, 0.15) is 18.9 Å². The molecule has 2 N–H and O–H groups in total. The quantitative estimate of drug-likeness (QED) is 0.821. The van der Waals surface area contributed by atoms with Crippen molar-refractivity contribution < 1.29 is 4.39 Å². The molecule has 1 unspecified atom stereocenters. The molecule has 0 saturated carbocycles. The second-order valence-corrected chi connectivity index (χ2v) is 3.95. The fourth-order valence-electron chi connectivity index (χ4n) is 1.31. The van der Waals surface area contributed by atoms with E-state index >= 15 is 0 Å². The Morgan fingerprint density at radius 1 is 1.36 bits per heavy atom. The lowest BCUT2D eigenvalue weighted by Crippen LogP contribution is -2.34. The second-order valence-electron chi connectivity index (χ2n) is 3.51. The van der Waals surface area contributed by atoms with Gasteiger partial charge >= 0.3 is 0 Å². The zero-order chi connectivity index (χ0) is 10.6. The molecule has 78 valence electrons. The Balaban J connectivity index is 2.72. The van der Waals surface area contributed by atoms with Crippen LogP contribution in [0, 0.1) is 0 Å². The van der Waals surface area contributed by atoms with Crippen molar-refractivity contribution in [2.45, 2.75) is 25.4 Å². The minimum atomic E-state index is -1.28. The minimum Gasteiger partial charge on any atom is -0.328 e. The van der Waals surface area contributed by atoms with Crippen molar-refractivity contribution in [2.24, 2.45) is 5.73 Å². The van der Waals surface area contributed by atoms with E-state index in [0.717, 1.165) is 5.56 Å². The second kappa shape index (κ2) is 4.76. The molecule has 1 aromatic carbocycles. The average Bonchev–Trinajstić information content (AvgIpc) is 2.21. The van der Waals surface area contributed by atoms with Gasteiger partial charge in [-0.25, -0.2) is 4.39 Å². The van der Waals surface area contributed by atoms with Gasteiger partial charge in [-0.3, -0.25) is 0 Å². The van der Waals surface area contributed by atoms with Gasteiger partial charge in [-0.15, -0.1) is 0 Å². The molecule has 1 atom stereocenters. The third-order valence-electron chi connectivity index (χ3n) is 2.43. The van der Waals surface area contributed by atoms with Gasteiger partial charge in [0.1, 0.15) is 5.67 Å². The van der Waals surface area contributed by atoms with E-state index in [2.05, 4.69) is 0 Å². The normalized spacial score (nSPS) is 15.1. The van der Waals surface area contributed by atoms with E-state index in [1.807, 2.05) is 19.1 Å². The molecule has 3 heteroatoms. The van der Waals surface area contributed by atoms with Crippen LogP contribution in [0.2, 0.25) is 5.02 Å². The highest BCUT2D eigenvalue weighted by atomic mass is 35.5. The Bertz CT molecular complexity index is 280. The predicted octanol–water partition coefficient (Wildman–Crippen LogP) is 2.96. The summed E-state index contributed by atoms with van der Waals surface area (Å²) in [6, 6.07) is 7.21. The van der Waals surface area contributed by atoms with Gasteiger partial charge in [0.25, 0.3) is 0 Å². The SMILES string of the molecule is CCC(F)(CN)Cc1ccc(Cl)cc1. The van der Waals surface area contributed by atoms with Crippen LogP contribution in [-0.4, -0.2) is 12.2 Å². The maximum absolute atomic E-state index is 13.9. The topological polar surface area (TPSA) is 26.0 Å². The molecule has 0 heterocycles. The van der Waals surface area contributed by atoms with Crippen LogP contribution in [0.3, 0.4) is 0 Å². The van der Waals surface area contributed by atoms with E-state index in [4.69, 9.17) is 17.3 Å². The monoisotopic (exact) mass is 215 g/mol. The van der Waals surface area contributed by atoms with Crippen LogP contribution in [0.25, 0.3) is 0 Å². The zero-order valence-corrected chi connectivity index (χ0v) is 9.02. The first-order valence-corrected chi connectivity index (χ1v) is 5.11. The fraction of sp³-hybridized carbons (Fsp3) is 0.455. The van der Waals surface area contributed by atoms with Crippen molar-refractivity contribution >= 4 is 11.6 Å². The summed E-state index contributed by atoms with van der Waals surface area (Å²) in [6.45, 7) is 1.87. The number of benzene rings is 1. The highest BCUT2D eigenvalue weighted by Crippen LogP contribution is 2.21. The van der Waals surface area contributed by atoms with E-state index in [1.165, 1.54) is 0 Å². The van der Waals surface area contributed by atoms with E-state index in [0.29, 0.717) is 17.9 Å². The van der Waals surface area contributed by atoms with Gasteiger partial charge in [-0.2, -0.15) is 0 Å². The molecule has 0 saturated heterocycles. The van der Waals surface area contributed by atoms with E-state index < -0.39 is 5.67 Å². The summed E-state index contributed by atoms with van der Waals surface area (Å²) in [5.41, 5.74) is 5.04. The molecule has 0 aliphatic carbocycles. The zero-order valence-electron chi connectivity index (χ0n) is 8.26. The third kappa shape index (κ3) is 2.96. The molecule has 1 rings (SSSR count). The molecule has 0 aliphatic heterocycles. The molecule has 0 spiro atoms. The molecule has 1 nitrogen and oxygen atoms in total. The van der Waals surface area contributed by atoms with Gasteiger partial charge in [0.05, 0.1) is 0 Å². The number of hydrogen-bond acceptors (Lipinski definition) is 1. The standard InChI is InChI=1S/C11H15ClFN/c1-2-11(13,8-14)7-9-3-5-10(12)6-4-9/h3-6H,2,7-8,14H2,1H3. The van der Waals surface area contributed by atoms with Crippen LogP contribution >= 0.6 is 11.6 Å². The van der Waals surface area contributed by atoms with Crippen molar-refractivity contribution in [3.63, 3.8) is 0 Å². The average molecular weight is 216 g/mol. The highest BCUT2D eigenvalue weighted by Gasteiger charge is 2.25. The maximum atomic E-state index is 13.9. The summed E-state index contributed by atoms with van der Waals surface area (Å²) in [5, 5.41) is 0.669. The van der Waals surface area contributed by atoms with Gasteiger partial charge in [0, 0.05) is 18.0 Å². The first-order valence-electron chi connectivity index (χ1n) is 4.73. The minimum absolute atomic E-state index is 0.0616. The summed E-state index contributed by atoms with van der Waals surface area (Å²) >= 11 is 5.73. The molecule has 14 heavy (non-hydrogen) atoms. The lowest BCUT2D eigenvalue weighted by molar-refractivity contribution is 0.167. The fourth-order valence-corrected chi connectivity index (χ4v) is 1.44. The highest BCUT2D eigenvalue weighted by molar-refractivity contribution is 6.30. The molecule has 0 radical (unpaired) electrons. The van der Waals surface area contributed by atoms with Crippen molar-refractivity contribution in [2.75, 3.05) is 6.54 Å². The summed E-state index contributed by atoms with van der Waals surface area (Å²) in [5.74, 6) is 0. The molecule has 0 aliphatic rings. The van der Waals surface area contributed by atoms with Gasteiger partial charge in [0.2, 0.25) is 0 Å². The maximum Gasteiger partial charge on any atom is 0.126 e. The van der Waals surface area contributed by atoms with Crippen LogP contribution in [0.4, 0.5) is 4.39 Å². The first-order chi connectivity index (χ1) is 6.59. The molecule has 0 bridgehead atoms. The summed E-state index contributed by atoms with van der Waals surface area (Å²) < 4.78 is 13.9. The number of alkyl halides is 1. The predicted molar refractivity (Wildman–Crippen MR) is 58.3 cm³/mol. The Morgan fingerprint density at radius 2 is 1.93 bits per heavy atom. The molecular weight excluding hydrogens is 201 g/mol. The van der Waals surface area contributed by atoms with Crippen LogP contribution in [0.15, 0.2) is 24.3 Å². The number of hydrogen-bond donors (Lipinski definition) is 1. The smallest absolute Gasteiger partial charge is 0.126 e. The molecule has 0 amide bonds. The molecule has 0 aromatic heterocycles. The van der Waals surface area contributed by atoms with Crippen LogP contribution in [-0.2, 0) is 6.42 Å². The summed E-state index contributed by atoms with van der Waals surface area (Å²) in [7, 11) is 0. The molecule has 0 fully saturated rings. The first kappa shape index (κ1) is 11.5. The van der Waals surface area contributed by atoms with E-state index in [-0.39, 0.29) is 6.54 Å². The van der Waals surface area contributed by atoms with Gasteiger partial charge in [0.15, 0.2) is 0 Å². The number of halogens is 2. The van der Waals surface area contributed by atoms with Crippen molar-refractivity contribution in [1.29, 1.82) is 0 Å². The van der Waals surface area contributed by atoms with Crippen molar-refractivity contribution in [3.8, 4) is 0 Å². The largest absolute Gasteiger partial charge is 0.328 e. The van der Waals surface area contributed by atoms with E-state index in [1.54, 1.807) is 12.1 Å². The Hall–Kier alpha value is -0.600. The van der Waals surface area contributed by atoms with Crippen molar-refractivity contribution in [1.82, 2.24) is 0 Å². The van der Waals surface area contributed by atoms with Gasteiger partial charge < -0.3 is 5.73 Å². The summed E-state index contributed by atoms with van der Waals surface area (Å²) in [4.78, 5) is 0. The van der Waals surface area contributed by atoms with Gasteiger partial charge in [-0.05, 0) is 24.1 Å². The molecular formula is C11H15ClFN. The Morgan fingerprint density at radius 3 is 2.36 bits per heavy atom. The number of rotatable bonds is 4. The lowest BCUT2D eigenvalue weighted by atomic mass is 9.94. The number of nitrogens with two attached hydrogens (primary N) is 1. The van der Waals surface area contributed by atoms with Crippen molar-refractivity contribution in [3.05, 3.63) is 34.9 Å². The summed E-state index contributed by atoms with van der Waals surface area (Å²) in [6.07, 6.45) is 0.795. The van der Waals surface area contributed by atoms with Crippen LogP contribution < -0.4 is 5.73 Å². The Labute approximate surface area is 89.1 Å². The van der Waals surface area contributed by atoms with E-state index in [9.17, 15) is 4.39 Å². The Kier molecular flexibility index (Phi) is 3.90. The van der Waals surface area contributed by atoms with Gasteiger partial charge in [-0.1, -0.05) is 30.7 Å². The third-order valence-corrected chi connectivity index (χ3v) is 2.69. The molecule has 1 aromatic rings. The lowest BCUT2D eigenvalue weighted by Gasteiger charge is -2.21.